The molecule has 0 aliphatic carbocycles. The summed E-state index contributed by atoms with van der Waals surface area (Å²) in [7, 11) is 0. The summed E-state index contributed by atoms with van der Waals surface area (Å²) in [5.41, 5.74) is 0. The SMILES string of the molecule is CC1CN(C(=O)C2CCC=CO2)C1. The molecule has 0 aromatic heterocycles. The smallest absolute Gasteiger partial charge is 0.263 e. The number of likely N-dealkylation sites (tertiary alicyclic amines) is 1. The highest BCUT2D eigenvalue weighted by atomic mass is 16.5. The first kappa shape index (κ1) is 8.60. The summed E-state index contributed by atoms with van der Waals surface area (Å²) in [6.45, 7) is 3.97. The zero-order valence-corrected chi connectivity index (χ0v) is 7.90. The molecule has 1 fully saturated rings. The van der Waals surface area contributed by atoms with Crippen LogP contribution >= 0.6 is 0 Å². The van der Waals surface area contributed by atoms with Crippen LogP contribution in [0.3, 0.4) is 0 Å². The van der Waals surface area contributed by atoms with Crippen molar-refractivity contribution in [2.45, 2.75) is 25.9 Å². The average Bonchev–Trinajstić information content (AvgIpc) is 2.13. The van der Waals surface area contributed by atoms with Gasteiger partial charge in [0.1, 0.15) is 0 Å². The predicted octanol–water partition coefficient (Wildman–Crippen LogP) is 1.16. The maximum Gasteiger partial charge on any atom is 0.263 e. The van der Waals surface area contributed by atoms with Crippen molar-refractivity contribution >= 4 is 5.91 Å². The Morgan fingerprint density at radius 3 is 2.85 bits per heavy atom. The van der Waals surface area contributed by atoms with E-state index in [0.29, 0.717) is 5.92 Å². The van der Waals surface area contributed by atoms with Crippen LogP contribution in [0, 0.1) is 5.92 Å². The van der Waals surface area contributed by atoms with Gasteiger partial charge >= 0.3 is 0 Å². The number of amides is 1. The van der Waals surface area contributed by atoms with E-state index in [-0.39, 0.29) is 12.0 Å². The summed E-state index contributed by atoms with van der Waals surface area (Å²) >= 11 is 0. The van der Waals surface area contributed by atoms with Crippen LogP contribution in [-0.4, -0.2) is 30.0 Å². The third-order valence-electron chi connectivity index (χ3n) is 2.59. The van der Waals surface area contributed by atoms with Crippen LogP contribution in [0.15, 0.2) is 12.3 Å². The molecule has 2 rings (SSSR count). The molecule has 1 unspecified atom stereocenters. The highest BCUT2D eigenvalue weighted by Gasteiger charge is 2.32. The minimum atomic E-state index is -0.211. The third kappa shape index (κ3) is 1.69. The van der Waals surface area contributed by atoms with Gasteiger partial charge in [-0.15, -0.1) is 0 Å². The number of allylic oxidation sites excluding steroid dienone is 1. The van der Waals surface area contributed by atoms with Gasteiger partial charge in [-0.2, -0.15) is 0 Å². The molecule has 72 valence electrons. The minimum absolute atomic E-state index is 0.169. The Hall–Kier alpha value is -0.990. The van der Waals surface area contributed by atoms with Gasteiger partial charge in [-0.1, -0.05) is 6.92 Å². The fourth-order valence-corrected chi connectivity index (χ4v) is 1.80. The zero-order valence-electron chi connectivity index (χ0n) is 7.90. The van der Waals surface area contributed by atoms with Gasteiger partial charge in [-0.3, -0.25) is 4.79 Å². The van der Waals surface area contributed by atoms with Crippen molar-refractivity contribution in [2.75, 3.05) is 13.1 Å². The van der Waals surface area contributed by atoms with E-state index in [1.807, 2.05) is 11.0 Å². The Kier molecular flexibility index (Phi) is 2.25. The highest BCUT2D eigenvalue weighted by molar-refractivity contribution is 5.81. The molecule has 13 heavy (non-hydrogen) atoms. The van der Waals surface area contributed by atoms with Gasteiger partial charge in [0.25, 0.3) is 5.91 Å². The molecule has 2 aliphatic rings. The molecule has 0 aromatic rings. The number of carbonyl (C=O) groups excluding carboxylic acids is 1. The molecule has 1 saturated heterocycles. The van der Waals surface area contributed by atoms with Crippen molar-refractivity contribution in [3.63, 3.8) is 0 Å². The first-order valence-corrected chi connectivity index (χ1v) is 4.86. The summed E-state index contributed by atoms with van der Waals surface area (Å²) in [5, 5.41) is 0. The molecule has 1 amide bonds. The van der Waals surface area contributed by atoms with Gasteiger partial charge in [0.15, 0.2) is 6.10 Å². The third-order valence-corrected chi connectivity index (χ3v) is 2.59. The largest absolute Gasteiger partial charge is 0.489 e. The van der Waals surface area contributed by atoms with Crippen molar-refractivity contribution in [1.82, 2.24) is 4.90 Å². The number of nitrogens with zero attached hydrogens (tertiary/aromatic N) is 1. The van der Waals surface area contributed by atoms with Crippen LogP contribution in [-0.2, 0) is 9.53 Å². The molecular weight excluding hydrogens is 166 g/mol. The fraction of sp³-hybridized carbons (Fsp3) is 0.700. The van der Waals surface area contributed by atoms with Crippen LogP contribution in [0.4, 0.5) is 0 Å². The second kappa shape index (κ2) is 3.40. The van der Waals surface area contributed by atoms with Crippen molar-refractivity contribution < 1.29 is 9.53 Å². The second-order valence-corrected chi connectivity index (χ2v) is 3.92. The number of carbonyl (C=O) groups is 1. The van der Waals surface area contributed by atoms with E-state index in [4.69, 9.17) is 4.74 Å². The van der Waals surface area contributed by atoms with Crippen LogP contribution in [0.5, 0.6) is 0 Å². The zero-order chi connectivity index (χ0) is 9.26. The lowest BCUT2D eigenvalue weighted by Crippen LogP contribution is -2.52. The average molecular weight is 181 g/mol. The van der Waals surface area contributed by atoms with E-state index in [1.54, 1.807) is 6.26 Å². The quantitative estimate of drug-likeness (QED) is 0.607. The van der Waals surface area contributed by atoms with Gasteiger partial charge in [-0.25, -0.2) is 0 Å². The second-order valence-electron chi connectivity index (χ2n) is 3.92. The Bertz CT molecular complexity index is 231. The van der Waals surface area contributed by atoms with E-state index in [0.717, 1.165) is 25.9 Å². The van der Waals surface area contributed by atoms with Crippen molar-refractivity contribution in [3.05, 3.63) is 12.3 Å². The standard InChI is InChI=1S/C10H15NO2/c1-8-6-11(7-8)10(12)9-4-2-3-5-13-9/h3,5,8-9H,2,4,6-7H2,1H3. The van der Waals surface area contributed by atoms with E-state index >= 15 is 0 Å². The molecule has 0 radical (unpaired) electrons. The summed E-state index contributed by atoms with van der Waals surface area (Å²) in [4.78, 5) is 13.6. The molecule has 2 aliphatic heterocycles. The van der Waals surface area contributed by atoms with Crippen LogP contribution in [0.2, 0.25) is 0 Å². The Labute approximate surface area is 78.4 Å². The summed E-state index contributed by atoms with van der Waals surface area (Å²) in [6, 6.07) is 0. The van der Waals surface area contributed by atoms with Crippen LogP contribution < -0.4 is 0 Å². The highest BCUT2D eigenvalue weighted by Crippen LogP contribution is 2.19. The van der Waals surface area contributed by atoms with Crippen molar-refractivity contribution in [2.24, 2.45) is 5.92 Å². The Morgan fingerprint density at radius 2 is 2.31 bits per heavy atom. The molecule has 0 spiro atoms. The van der Waals surface area contributed by atoms with Crippen LogP contribution in [0.1, 0.15) is 19.8 Å². The molecule has 1 atom stereocenters. The van der Waals surface area contributed by atoms with Crippen molar-refractivity contribution in [1.29, 1.82) is 0 Å². The first-order valence-electron chi connectivity index (χ1n) is 4.86. The molecule has 2 heterocycles. The Morgan fingerprint density at radius 1 is 1.54 bits per heavy atom. The number of ether oxygens (including phenoxy) is 1. The summed E-state index contributed by atoms with van der Waals surface area (Å²) < 4.78 is 5.26. The molecule has 0 bridgehead atoms. The van der Waals surface area contributed by atoms with Gasteiger partial charge in [0, 0.05) is 13.1 Å². The lowest BCUT2D eigenvalue weighted by molar-refractivity contribution is -0.147. The van der Waals surface area contributed by atoms with Crippen molar-refractivity contribution in [3.8, 4) is 0 Å². The maximum atomic E-state index is 11.7. The molecule has 0 N–H and O–H groups in total. The van der Waals surface area contributed by atoms with E-state index < -0.39 is 0 Å². The molecule has 3 nitrogen and oxygen atoms in total. The van der Waals surface area contributed by atoms with E-state index in [9.17, 15) is 4.79 Å². The Balaban J connectivity index is 1.86. The lowest BCUT2D eigenvalue weighted by atomic mass is 10.0. The van der Waals surface area contributed by atoms with Gasteiger partial charge in [0.05, 0.1) is 6.26 Å². The first-order chi connectivity index (χ1) is 6.27. The minimum Gasteiger partial charge on any atom is -0.489 e. The van der Waals surface area contributed by atoms with Gasteiger partial charge in [-0.05, 0) is 24.8 Å². The van der Waals surface area contributed by atoms with E-state index in [2.05, 4.69) is 6.92 Å². The topological polar surface area (TPSA) is 29.5 Å². The number of rotatable bonds is 1. The fourth-order valence-electron chi connectivity index (χ4n) is 1.80. The molecular formula is C10H15NO2. The predicted molar refractivity (Wildman–Crippen MR) is 49.0 cm³/mol. The van der Waals surface area contributed by atoms with Crippen LogP contribution in [0.25, 0.3) is 0 Å². The number of hydrogen-bond donors (Lipinski definition) is 0. The molecule has 0 aromatic carbocycles. The van der Waals surface area contributed by atoms with Gasteiger partial charge < -0.3 is 9.64 Å². The van der Waals surface area contributed by atoms with E-state index in [1.165, 1.54) is 0 Å². The van der Waals surface area contributed by atoms with Gasteiger partial charge in [0.2, 0.25) is 0 Å². The monoisotopic (exact) mass is 181 g/mol. The molecule has 0 saturated carbocycles. The normalized spacial score (nSPS) is 28.1. The summed E-state index contributed by atoms with van der Waals surface area (Å²) in [6.07, 6.45) is 5.19. The summed E-state index contributed by atoms with van der Waals surface area (Å²) in [5.74, 6) is 0.838. The number of hydrogen-bond acceptors (Lipinski definition) is 2. The lowest BCUT2D eigenvalue weighted by Gasteiger charge is -2.39. The molecule has 3 heteroatoms. The maximum absolute atomic E-state index is 11.7.